The van der Waals surface area contributed by atoms with E-state index in [9.17, 15) is 9.90 Å². The fraction of sp³-hybridized carbons (Fsp3) is 0.667. The Hall–Kier alpha value is -1.40. The molecule has 0 radical (unpaired) electrons. The number of hydrogen-bond donors (Lipinski definition) is 2. The zero-order valence-electron chi connectivity index (χ0n) is 11.3. The van der Waals surface area contributed by atoms with Crippen molar-refractivity contribution in [2.75, 3.05) is 20.3 Å². The minimum Gasteiger partial charge on any atom is -0.389 e. The van der Waals surface area contributed by atoms with E-state index in [0.29, 0.717) is 5.56 Å². The lowest BCUT2D eigenvalue weighted by Gasteiger charge is -2.18. The average Bonchev–Trinajstić information content (AvgIpc) is 2.75. The number of ether oxygens (including phenoxy) is 1. The Morgan fingerprint density at radius 1 is 1.61 bits per heavy atom. The van der Waals surface area contributed by atoms with Crippen molar-refractivity contribution in [1.29, 1.82) is 0 Å². The molecule has 1 aromatic heterocycles. The van der Waals surface area contributed by atoms with Gasteiger partial charge in [-0.1, -0.05) is 0 Å². The summed E-state index contributed by atoms with van der Waals surface area (Å²) >= 11 is 0. The molecule has 1 rings (SSSR count). The number of aliphatic hydroxyl groups excluding tert-OH is 1. The van der Waals surface area contributed by atoms with Gasteiger partial charge in [0.2, 0.25) is 0 Å². The molecule has 18 heavy (non-hydrogen) atoms. The molecule has 0 aromatic carbocycles. The minimum absolute atomic E-state index is 0.159. The summed E-state index contributed by atoms with van der Waals surface area (Å²) in [5.41, 5.74) is 0.322. The lowest BCUT2D eigenvalue weighted by molar-refractivity contribution is 0.0610. The number of amides is 1. The molecule has 0 bridgehead atoms. The van der Waals surface area contributed by atoms with Gasteiger partial charge in [0, 0.05) is 19.9 Å². The molecular formula is C12H21N3O3. The van der Waals surface area contributed by atoms with Crippen LogP contribution in [0.25, 0.3) is 0 Å². The standard InChI is InChI=1S/C12H21N3O3/c1-12(2,3)15-7-9(5-14-15)11(17)13-6-10(16)8-18-4/h5,7,10,16H,6,8H2,1-4H3,(H,13,17)/t10-/m1/s1. The Bertz CT molecular complexity index is 396. The van der Waals surface area contributed by atoms with Crippen LogP contribution in [0.1, 0.15) is 31.1 Å². The molecule has 0 saturated carbocycles. The van der Waals surface area contributed by atoms with Crippen molar-refractivity contribution in [3.05, 3.63) is 18.0 Å². The van der Waals surface area contributed by atoms with Crippen LogP contribution in [-0.2, 0) is 10.3 Å². The number of hydrogen-bond acceptors (Lipinski definition) is 4. The smallest absolute Gasteiger partial charge is 0.254 e. The number of methoxy groups -OCH3 is 1. The molecule has 1 atom stereocenters. The minimum atomic E-state index is -0.698. The van der Waals surface area contributed by atoms with E-state index in [-0.39, 0.29) is 24.6 Å². The maximum absolute atomic E-state index is 11.8. The van der Waals surface area contributed by atoms with Gasteiger partial charge in [0.1, 0.15) is 0 Å². The van der Waals surface area contributed by atoms with E-state index < -0.39 is 6.10 Å². The van der Waals surface area contributed by atoms with Crippen LogP contribution in [0.15, 0.2) is 12.4 Å². The van der Waals surface area contributed by atoms with Crippen LogP contribution in [0.2, 0.25) is 0 Å². The zero-order chi connectivity index (χ0) is 13.8. The molecule has 102 valence electrons. The summed E-state index contributed by atoms with van der Waals surface area (Å²) in [4.78, 5) is 11.8. The van der Waals surface area contributed by atoms with Crippen molar-refractivity contribution in [3.63, 3.8) is 0 Å². The van der Waals surface area contributed by atoms with Crippen LogP contribution < -0.4 is 5.32 Å². The van der Waals surface area contributed by atoms with Gasteiger partial charge in [-0.25, -0.2) is 0 Å². The number of nitrogens with zero attached hydrogens (tertiary/aromatic N) is 2. The van der Waals surface area contributed by atoms with Crippen molar-refractivity contribution < 1.29 is 14.6 Å². The third-order valence-electron chi connectivity index (χ3n) is 2.39. The summed E-state index contributed by atoms with van der Waals surface area (Å²) in [6.45, 7) is 6.37. The van der Waals surface area contributed by atoms with E-state index in [2.05, 4.69) is 10.4 Å². The number of carbonyl (C=O) groups excluding carboxylic acids is 1. The summed E-state index contributed by atoms with van der Waals surface area (Å²) in [7, 11) is 1.50. The van der Waals surface area contributed by atoms with Crippen molar-refractivity contribution >= 4 is 5.91 Å². The molecule has 2 N–H and O–H groups in total. The zero-order valence-corrected chi connectivity index (χ0v) is 11.3. The number of carbonyl (C=O) groups is 1. The van der Waals surface area contributed by atoms with Crippen LogP contribution in [0.3, 0.4) is 0 Å². The van der Waals surface area contributed by atoms with Gasteiger partial charge in [0.15, 0.2) is 0 Å². The highest BCUT2D eigenvalue weighted by Crippen LogP contribution is 2.12. The molecule has 0 aliphatic rings. The average molecular weight is 255 g/mol. The molecule has 6 heteroatoms. The van der Waals surface area contributed by atoms with Gasteiger partial charge in [0.25, 0.3) is 5.91 Å². The molecule has 0 spiro atoms. The summed E-state index contributed by atoms with van der Waals surface area (Å²) in [6.07, 6.45) is 2.51. The lowest BCUT2D eigenvalue weighted by Crippen LogP contribution is -2.34. The Balaban J connectivity index is 2.55. The summed E-state index contributed by atoms with van der Waals surface area (Å²) in [5.74, 6) is -0.249. The van der Waals surface area contributed by atoms with Crippen LogP contribution in [0.5, 0.6) is 0 Å². The molecule has 0 saturated heterocycles. The highest BCUT2D eigenvalue weighted by Gasteiger charge is 2.17. The number of nitrogens with one attached hydrogen (secondary N) is 1. The van der Waals surface area contributed by atoms with Crippen LogP contribution in [-0.4, -0.2) is 47.2 Å². The van der Waals surface area contributed by atoms with E-state index in [4.69, 9.17) is 4.74 Å². The number of aromatic nitrogens is 2. The van der Waals surface area contributed by atoms with Crippen LogP contribution in [0, 0.1) is 0 Å². The van der Waals surface area contributed by atoms with Gasteiger partial charge in [-0.3, -0.25) is 9.48 Å². The molecule has 0 fully saturated rings. The van der Waals surface area contributed by atoms with Crippen molar-refractivity contribution in [1.82, 2.24) is 15.1 Å². The summed E-state index contributed by atoms with van der Waals surface area (Å²) in [5, 5.41) is 16.2. The molecule has 0 aliphatic carbocycles. The first-order valence-electron chi connectivity index (χ1n) is 5.85. The van der Waals surface area contributed by atoms with Gasteiger partial charge >= 0.3 is 0 Å². The van der Waals surface area contributed by atoms with E-state index in [1.807, 2.05) is 20.8 Å². The predicted molar refractivity (Wildman–Crippen MR) is 67.4 cm³/mol. The Kier molecular flexibility index (Phi) is 4.86. The third kappa shape index (κ3) is 4.12. The summed E-state index contributed by atoms with van der Waals surface area (Å²) in [6, 6.07) is 0. The van der Waals surface area contributed by atoms with E-state index >= 15 is 0 Å². The maximum Gasteiger partial charge on any atom is 0.254 e. The molecular weight excluding hydrogens is 234 g/mol. The second kappa shape index (κ2) is 5.97. The van der Waals surface area contributed by atoms with Gasteiger partial charge in [-0.05, 0) is 20.8 Å². The highest BCUT2D eigenvalue weighted by molar-refractivity contribution is 5.93. The SMILES string of the molecule is COC[C@H](O)CNC(=O)c1cnn(C(C)(C)C)c1. The predicted octanol–water partition coefficient (Wildman–Crippen LogP) is 0.375. The lowest BCUT2D eigenvalue weighted by atomic mass is 10.1. The summed E-state index contributed by atoms with van der Waals surface area (Å²) < 4.78 is 6.50. The second-order valence-electron chi connectivity index (χ2n) is 5.16. The molecule has 1 heterocycles. The van der Waals surface area contributed by atoms with Gasteiger partial charge in [-0.15, -0.1) is 0 Å². The van der Waals surface area contributed by atoms with Gasteiger partial charge in [-0.2, -0.15) is 5.10 Å². The normalized spacial score (nSPS) is 13.4. The van der Waals surface area contributed by atoms with Crippen molar-refractivity contribution in [3.8, 4) is 0 Å². The van der Waals surface area contributed by atoms with E-state index in [0.717, 1.165) is 0 Å². The number of rotatable bonds is 5. The van der Waals surface area contributed by atoms with E-state index in [1.165, 1.54) is 13.3 Å². The second-order valence-corrected chi connectivity index (χ2v) is 5.16. The maximum atomic E-state index is 11.8. The van der Waals surface area contributed by atoms with E-state index in [1.54, 1.807) is 10.9 Å². The first-order valence-corrected chi connectivity index (χ1v) is 5.85. The Morgan fingerprint density at radius 3 is 2.78 bits per heavy atom. The van der Waals surface area contributed by atoms with Crippen molar-refractivity contribution in [2.24, 2.45) is 0 Å². The fourth-order valence-electron chi connectivity index (χ4n) is 1.37. The largest absolute Gasteiger partial charge is 0.389 e. The van der Waals surface area contributed by atoms with Crippen LogP contribution >= 0.6 is 0 Å². The highest BCUT2D eigenvalue weighted by atomic mass is 16.5. The molecule has 1 aromatic rings. The monoisotopic (exact) mass is 255 g/mol. The van der Waals surface area contributed by atoms with Gasteiger partial charge in [0.05, 0.1) is 30.0 Å². The molecule has 0 aliphatic heterocycles. The van der Waals surface area contributed by atoms with Gasteiger partial charge < -0.3 is 15.2 Å². The third-order valence-corrected chi connectivity index (χ3v) is 2.39. The molecule has 1 amide bonds. The van der Waals surface area contributed by atoms with Crippen molar-refractivity contribution in [2.45, 2.75) is 32.4 Å². The molecule has 0 unspecified atom stereocenters. The Morgan fingerprint density at radius 2 is 2.28 bits per heavy atom. The number of aliphatic hydroxyl groups is 1. The first kappa shape index (κ1) is 14.7. The molecule has 6 nitrogen and oxygen atoms in total. The topological polar surface area (TPSA) is 76.4 Å². The first-order chi connectivity index (χ1) is 8.34. The quantitative estimate of drug-likeness (QED) is 0.797. The fourth-order valence-corrected chi connectivity index (χ4v) is 1.37. The van der Waals surface area contributed by atoms with Crippen LogP contribution in [0.4, 0.5) is 0 Å². The Labute approximate surface area is 107 Å².